The fourth-order valence-corrected chi connectivity index (χ4v) is 1.97. The highest BCUT2D eigenvalue weighted by Crippen LogP contribution is 2.17. The van der Waals surface area contributed by atoms with Crippen LogP contribution in [-0.2, 0) is 0 Å². The van der Waals surface area contributed by atoms with E-state index in [1.54, 1.807) is 0 Å². The first-order chi connectivity index (χ1) is 9.24. The van der Waals surface area contributed by atoms with Gasteiger partial charge in [-0.15, -0.1) is 0 Å². The van der Waals surface area contributed by atoms with E-state index in [1.165, 1.54) is 0 Å². The Hall–Kier alpha value is -2.30. The normalized spacial score (nSPS) is 11.7. The number of anilines is 1. The topological polar surface area (TPSA) is 74.7 Å². The number of fused-ring (bicyclic) bond motifs is 1. The molecule has 3 N–H and O–H groups in total. The van der Waals surface area contributed by atoms with Gasteiger partial charge < -0.3 is 15.8 Å². The molecular weight excluding hydrogens is 240 g/mol. The smallest absolute Gasteiger partial charge is 0.140 e. The number of hydrogen-bond acceptors (Lipinski definition) is 4. The van der Waals surface area contributed by atoms with Crippen molar-refractivity contribution in [2.75, 3.05) is 18.0 Å². The third-order valence-electron chi connectivity index (χ3n) is 3.06. The first-order valence-electron chi connectivity index (χ1n) is 6.31. The predicted molar refractivity (Wildman–Crippen MR) is 77.7 cm³/mol. The number of hydrogen-bond donors (Lipinski definition) is 2. The van der Waals surface area contributed by atoms with Crippen LogP contribution in [0.3, 0.4) is 0 Å². The number of rotatable bonds is 5. The Morgan fingerprint density at radius 3 is 2.84 bits per heavy atom. The molecule has 0 unspecified atom stereocenters. The van der Waals surface area contributed by atoms with Crippen molar-refractivity contribution in [1.82, 2.24) is 4.98 Å². The molecule has 0 atom stereocenters. The van der Waals surface area contributed by atoms with Gasteiger partial charge in [0.25, 0.3) is 0 Å². The minimum Gasteiger partial charge on any atom is -0.409 e. The van der Waals surface area contributed by atoms with Crippen LogP contribution in [0.25, 0.3) is 10.9 Å². The Kier molecular flexibility index (Phi) is 4.18. The molecule has 0 bridgehead atoms. The lowest BCUT2D eigenvalue weighted by Gasteiger charge is -2.21. The van der Waals surface area contributed by atoms with Crippen LogP contribution in [0.2, 0.25) is 0 Å². The number of para-hydroxylation sites is 1. The monoisotopic (exact) mass is 258 g/mol. The highest BCUT2D eigenvalue weighted by molar-refractivity contribution is 5.81. The Balaban J connectivity index is 2.20. The van der Waals surface area contributed by atoms with Crippen LogP contribution in [0.4, 0.5) is 5.82 Å². The molecular formula is C14H18N4O. The summed E-state index contributed by atoms with van der Waals surface area (Å²) < 4.78 is 0. The first kappa shape index (κ1) is 13.1. The van der Waals surface area contributed by atoms with E-state index >= 15 is 0 Å². The largest absolute Gasteiger partial charge is 0.409 e. The maximum atomic E-state index is 8.56. The number of amidine groups is 1. The fourth-order valence-electron chi connectivity index (χ4n) is 1.97. The third kappa shape index (κ3) is 3.13. The number of nitrogens with two attached hydrogens (primary N) is 1. The van der Waals surface area contributed by atoms with Gasteiger partial charge in [-0.3, -0.25) is 0 Å². The lowest BCUT2D eigenvalue weighted by molar-refractivity contribution is 0.317. The molecule has 0 spiro atoms. The Labute approximate surface area is 112 Å². The summed E-state index contributed by atoms with van der Waals surface area (Å²) in [6, 6.07) is 12.1. The molecule has 0 aliphatic carbocycles. The van der Waals surface area contributed by atoms with E-state index in [9.17, 15) is 0 Å². The zero-order chi connectivity index (χ0) is 13.7. The van der Waals surface area contributed by atoms with Crippen LogP contribution in [-0.4, -0.2) is 29.1 Å². The lowest BCUT2D eigenvalue weighted by atomic mass is 10.2. The standard InChI is InChI=1S/C14H18N4O/c1-2-18(10-9-13(15)17-19)14-8-7-11-5-3-4-6-12(11)16-14/h3-8,19H,2,9-10H2,1H3,(H2,15,17). The van der Waals surface area contributed by atoms with E-state index < -0.39 is 0 Å². The van der Waals surface area contributed by atoms with Gasteiger partial charge in [0.1, 0.15) is 11.7 Å². The first-order valence-corrected chi connectivity index (χ1v) is 6.31. The average Bonchev–Trinajstić information content (AvgIpc) is 2.47. The Morgan fingerprint density at radius 2 is 2.11 bits per heavy atom. The van der Waals surface area contributed by atoms with Gasteiger partial charge in [-0.25, -0.2) is 4.98 Å². The summed E-state index contributed by atoms with van der Waals surface area (Å²) in [6.07, 6.45) is 0.513. The molecule has 1 aromatic heterocycles. The van der Waals surface area contributed by atoms with Gasteiger partial charge in [0.05, 0.1) is 5.52 Å². The minimum atomic E-state index is 0.235. The Morgan fingerprint density at radius 1 is 1.32 bits per heavy atom. The summed E-state index contributed by atoms with van der Waals surface area (Å²) in [5.41, 5.74) is 6.47. The number of pyridine rings is 1. The zero-order valence-electron chi connectivity index (χ0n) is 11.0. The molecule has 0 saturated heterocycles. The van der Waals surface area contributed by atoms with Gasteiger partial charge in [0.2, 0.25) is 0 Å². The molecule has 2 aromatic rings. The van der Waals surface area contributed by atoms with Crippen LogP contribution >= 0.6 is 0 Å². The number of oxime groups is 1. The second kappa shape index (κ2) is 6.04. The van der Waals surface area contributed by atoms with E-state index in [0.717, 1.165) is 23.3 Å². The second-order valence-corrected chi connectivity index (χ2v) is 4.28. The number of benzene rings is 1. The molecule has 0 radical (unpaired) electrons. The van der Waals surface area contributed by atoms with Crippen molar-refractivity contribution in [3.05, 3.63) is 36.4 Å². The zero-order valence-corrected chi connectivity index (χ0v) is 11.0. The number of nitrogens with zero attached hydrogens (tertiary/aromatic N) is 3. The fraction of sp³-hybridized carbons (Fsp3) is 0.286. The summed E-state index contributed by atoms with van der Waals surface area (Å²) in [4.78, 5) is 6.73. The highest BCUT2D eigenvalue weighted by atomic mass is 16.4. The lowest BCUT2D eigenvalue weighted by Crippen LogP contribution is -2.28. The molecule has 0 aliphatic rings. The molecule has 19 heavy (non-hydrogen) atoms. The molecule has 2 rings (SSSR count). The van der Waals surface area contributed by atoms with Gasteiger partial charge in [-0.1, -0.05) is 23.4 Å². The van der Waals surface area contributed by atoms with Crippen LogP contribution in [0, 0.1) is 0 Å². The van der Waals surface area contributed by atoms with Crippen molar-refractivity contribution in [1.29, 1.82) is 0 Å². The molecule has 5 heteroatoms. The van der Waals surface area contributed by atoms with Crippen LogP contribution in [0.15, 0.2) is 41.6 Å². The molecule has 1 aromatic carbocycles. The van der Waals surface area contributed by atoms with Crippen molar-refractivity contribution >= 4 is 22.6 Å². The molecule has 100 valence electrons. The van der Waals surface area contributed by atoms with Crippen molar-refractivity contribution in [3.8, 4) is 0 Å². The summed E-state index contributed by atoms with van der Waals surface area (Å²) >= 11 is 0. The summed E-state index contributed by atoms with van der Waals surface area (Å²) in [6.45, 7) is 3.56. The quantitative estimate of drug-likeness (QED) is 0.373. The maximum Gasteiger partial charge on any atom is 0.140 e. The maximum absolute atomic E-state index is 8.56. The molecule has 0 fully saturated rings. The molecule has 0 saturated carbocycles. The second-order valence-electron chi connectivity index (χ2n) is 4.28. The summed E-state index contributed by atoms with van der Waals surface area (Å²) in [5, 5.41) is 12.7. The molecule has 0 aliphatic heterocycles. The van der Waals surface area contributed by atoms with E-state index in [1.807, 2.05) is 30.3 Å². The number of aromatic nitrogens is 1. The summed E-state index contributed by atoms with van der Waals surface area (Å²) in [7, 11) is 0. The molecule has 5 nitrogen and oxygen atoms in total. The Bertz CT molecular complexity index is 582. The average molecular weight is 258 g/mol. The summed E-state index contributed by atoms with van der Waals surface area (Å²) in [5.74, 6) is 1.14. The van der Waals surface area contributed by atoms with Crippen LogP contribution in [0.5, 0.6) is 0 Å². The van der Waals surface area contributed by atoms with Crippen LogP contribution < -0.4 is 10.6 Å². The van der Waals surface area contributed by atoms with E-state index in [0.29, 0.717) is 13.0 Å². The third-order valence-corrected chi connectivity index (χ3v) is 3.06. The van der Waals surface area contributed by atoms with Crippen molar-refractivity contribution in [3.63, 3.8) is 0 Å². The predicted octanol–water partition coefficient (Wildman–Crippen LogP) is 2.20. The SMILES string of the molecule is CCN(CC/C(N)=N/O)c1ccc2ccccc2n1. The van der Waals surface area contributed by atoms with Crippen molar-refractivity contribution in [2.24, 2.45) is 10.9 Å². The van der Waals surface area contributed by atoms with Crippen molar-refractivity contribution in [2.45, 2.75) is 13.3 Å². The molecule has 1 heterocycles. The van der Waals surface area contributed by atoms with E-state index in [-0.39, 0.29) is 5.84 Å². The van der Waals surface area contributed by atoms with Gasteiger partial charge in [-0.2, -0.15) is 0 Å². The minimum absolute atomic E-state index is 0.235. The highest BCUT2D eigenvalue weighted by Gasteiger charge is 2.07. The van der Waals surface area contributed by atoms with Crippen molar-refractivity contribution < 1.29 is 5.21 Å². The van der Waals surface area contributed by atoms with E-state index in [4.69, 9.17) is 10.9 Å². The van der Waals surface area contributed by atoms with Gasteiger partial charge in [0, 0.05) is 24.9 Å². The van der Waals surface area contributed by atoms with Crippen LogP contribution in [0.1, 0.15) is 13.3 Å². The van der Waals surface area contributed by atoms with Gasteiger partial charge in [0.15, 0.2) is 0 Å². The van der Waals surface area contributed by atoms with Gasteiger partial charge >= 0.3 is 0 Å². The van der Waals surface area contributed by atoms with Gasteiger partial charge in [-0.05, 0) is 25.1 Å². The van der Waals surface area contributed by atoms with E-state index in [2.05, 4.69) is 28.0 Å². The molecule has 0 amide bonds.